The van der Waals surface area contributed by atoms with E-state index in [0.29, 0.717) is 22.8 Å². The maximum absolute atomic E-state index is 12.8. The van der Waals surface area contributed by atoms with Gasteiger partial charge >= 0.3 is 0 Å². The van der Waals surface area contributed by atoms with Crippen molar-refractivity contribution >= 4 is 44.6 Å². The molecule has 0 aliphatic rings. The lowest BCUT2D eigenvalue weighted by Crippen LogP contribution is -2.16. The van der Waals surface area contributed by atoms with Gasteiger partial charge in [-0.05, 0) is 36.1 Å². The Hall–Kier alpha value is -2.56. The molecule has 2 heterocycles. The van der Waals surface area contributed by atoms with Crippen LogP contribution < -0.4 is 14.2 Å². The normalized spacial score (nSPS) is 11.3. The zero-order chi connectivity index (χ0) is 21.2. The molecule has 1 aromatic carbocycles. The minimum atomic E-state index is -4.09. The number of hydrogen-bond acceptors (Lipinski definition) is 8. The summed E-state index contributed by atoms with van der Waals surface area (Å²) in [6.45, 7) is 1.58. The molecule has 0 aliphatic carbocycles. The van der Waals surface area contributed by atoms with Crippen LogP contribution in [0.2, 0.25) is 5.02 Å². The number of ketones is 1. The molecule has 8 nitrogen and oxygen atoms in total. The highest BCUT2D eigenvalue weighted by Gasteiger charge is 2.27. The number of benzene rings is 1. The zero-order valence-electron chi connectivity index (χ0n) is 15.7. The molecular formula is C18H17ClN2O6S2. The number of methoxy groups -OCH3 is 2. The van der Waals surface area contributed by atoms with E-state index in [2.05, 4.69) is 9.88 Å². The number of halogens is 1. The number of sulfonamides is 1. The Kier molecular flexibility index (Phi) is 6.15. The van der Waals surface area contributed by atoms with Crippen molar-refractivity contribution in [2.45, 2.75) is 18.2 Å². The average Bonchev–Trinajstić information content (AvgIpc) is 3.31. The summed E-state index contributed by atoms with van der Waals surface area (Å²) in [6, 6.07) is 6.43. The molecule has 0 bridgehead atoms. The Morgan fingerprint density at radius 3 is 2.59 bits per heavy atom. The van der Waals surface area contributed by atoms with Gasteiger partial charge in [0.25, 0.3) is 15.9 Å². The number of aromatic nitrogens is 1. The van der Waals surface area contributed by atoms with Crippen molar-refractivity contribution in [2.24, 2.45) is 0 Å². The quantitative estimate of drug-likeness (QED) is 0.511. The number of aryl methyl sites for hydroxylation is 1. The number of nitrogens with one attached hydrogen (secondary N) is 1. The molecular weight excluding hydrogens is 440 g/mol. The van der Waals surface area contributed by atoms with E-state index in [4.69, 9.17) is 25.6 Å². The molecule has 0 saturated heterocycles. The van der Waals surface area contributed by atoms with E-state index in [-0.39, 0.29) is 32.9 Å². The van der Waals surface area contributed by atoms with Crippen molar-refractivity contribution in [1.82, 2.24) is 5.16 Å². The van der Waals surface area contributed by atoms with Crippen LogP contribution in [0, 0.1) is 6.92 Å². The van der Waals surface area contributed by atoms with Crippen LogP contribution >= 0.6 is 22.9 Å². The maximum atomic E-state index is 12.8. The molecule has 0 atom stereocenters. The van der Waals surface area contributed by atoms with Gasteiger partial charge in [-0.1, -0.05) is 22.8 Å². The van der Waals surface area contributed by atoms with Crippen molar-refractivity contribution in [3.8, 4) is 11.5 Å². The molecule has 154 valence electrons. The average molecular weight is 457 g/mol. The van der Waals surface area contributed by atoms with Gasteiger partial charge in [0.15, 0.2) is 17.3 Å². The number of thiophene rings is 1. The van der Waals surface area contributed by atoms with Crippen LogP contribution in [0.3, 0.4) is 0 Å². The number of hydrogen-bond donors (Lipinski definition) is 1. The van der Waals surface area contributed by atoms with Crippen molar-refractivity contribution in [3.63, 3.8) is 0 Å². The predicted molar refractivity (Wildman–Crippen MR) is 109 cm³/mol. The first-order chi connectivity index (χ1) is 13.8. The summed E-state index contributed by atoms with van der Waals surface area (Å²) in [5.41, 5.74) is 1.01. The molecule has 3 rings (SSSR count). The largest absolute Gasteiger partial charge is 0.493 e. The van der Waals surface area contributed by atoms with Gasteiger partial charge < -0.3 is 14.0 Å². The minimum Gasteiger partial charge on any atom is -0.493 e. The lowest BCUT2D eigenvalue weighted by Gasteiger charge is -2.10. The van der Waals surface area contributed by atoms with Gasteiger partial charge in [0.05, 0.1) is 19.1 Å². The van der Waals surface area contributed by atoms with Gasteiger partial charge in [0.2, 0.25) is 0 Å². The predicted octanol–water partition coefficient (Wildman–Crippen LogP) is 3.94. The number of rotatable bonds is 8. The Bertz CT molecular complexity index is 1150. The summed E-state index contributed by atoms with van der Waals surface area (Å²) in [5.74, 6) is 0.460. The number of nitrogens with zero attached hydrogens (tertiary/aromatic N) is 1. The second kappa shape index (κ2) is 8.44. The molecule has 2 aromatic heterocycles. The number of anilines is 1. The second-order valence-corrected chi connectivity index (χ2v) is 8.86. The standard InChI is InChI=1S/C18H17ClN2O6S2/c1-10-16(19)18(27-20-10)21-29(23,24)15-6-7-28-17(15)12(22)8-11-4-5-13(25-2)14(9-11)26-3/h4-7,9,21H,8H2,1-3H3. The summed E-state index contributed by atoms with van der Waals surface area (Å²) in [5, 5.41) is 5.19. The van der Waals surface area contributed by atoms with E-state index in [9.17, 15) is 13.2 Å². The smallest absolute Gasteiger partial charge is 0.265 e. The fourth-order valence-electron chi connectivity index (χ4n) is 2.57. The zero-order valence-corrected chi connectivity index (χ0v) is 18.1. The molecule has 11 heteroatoms. The summed E-state index contributed by atoms with van der Waals surface area (Å²) < 4.78 is 43.0. The highest BCUT2D eigenvalue weighted by Crippen LogP contribution is 2.31. The highest BCUT2D eigenvalue weighted by molar-refractivity contribution is 7.93. The Balaban J connectivity index is 1.85. The molecule has 0 radical (unpaired) electrons. The molecule has 0 saturated carbocycles. The van der Waals surface area contributed by atoms with Crippen LogP contribution in [-0.4, -0.2) is 33.6 Å². The SMILES string of the molecule is COc1ccc(CC(=O)c2sccc2S(=O)(=O)Nc2onc(C)c2Cl)cc1OC. The Morgan fingerprint density at radius 2 is 1.97 bits per heavy atom. The Morgan fingerprint density at radius 1 is 1.24 bits per heavy atom. The van der Waals surface area contributed by atoms with E-state index in [0.717, 1.165) is 11.3 Å². The fourth-order valence-corrected chi connectivity index (χ4v) is 5.13. The Labute approximate surface area is 176 Å². The third-order valence-corrected chi connectivity index (χ3v) is 6.91. The van der Waals surface area contributed by atoms with Crippen molar-refractivity contribution in [2.75, 3.05) is 18.9 Å². The van der Waals surface area contributed by atoms with Crippen molar-refractivity contribution in [3.05, 3.63) is 50.8 Å². The van der Waals surface area contributed by atoms with Crippen LogP contribution in [-0.2, 0) is 16.4 Å². The molecule has 0 unspecified atom stereocenters. The van der Waals surface area contributed by atoms with Crippen molar-refractivity contribution in [1.29, 1.82) is 0 Å². The van der Waals surface area contributed by atoms with E-state index in [1.165, 1.54) is 25.7 Å². The molecule has 3 aromatic rings. The molecule has 29 heavy (non-hydrogen) atoms. The number of Topliss-reactive ketones (excluding diaryl/α,β-unsaturated/α-hetero) is 1. The van der Waals surface area contributed by atoms with Gasteiger partial charge in [0, 0.05) is 6.42 Å². The van der Waals surface area contributed by atoms with Gasteiger partial charge in [0.1, 0.15) is 15.6 Å². The minimum absolute atomic E-state index is 0.00837. The summed E-state index contributed by atoms with van der Waals surface area (Å²) in [6.07, 6.45) is -0.00837. The van der Waals surface area contributed by atoms with E-state index >= 15 is 0 Å². The fraction of sp³-hybridized carbons (Fsp3) is 0.222. The van der Waals surface area contributed by atoms with Crippen LogP contribution in [0.4, 0.5) is 5.88 Å². The van der Waals surface area contributed by atoms with Crippen LogP contribution in [0.25, 0.3) is 0 Å². The first kappa shape index (κ1) is 21.2. The first-order valence-electron chi connectivity index (χ1n) is 8.23. The van der Waals surface area contributed by atoms with Crippen LogP contribution in [0.5, 0.6) is 11.5 Å². The number of ether oxygens (including phenoxy) is 2. The third kappa shape index (κ3) is 4.39. The molecule has 0 spiro atoms. The van der Waals surface area contributed by atoms with Gasteiger partial charge in [-0.25, -0.2) is 13.1 Å². The van der Waals surface area contributed by atoms with Gasteiger partial charge in [-0.3, -0.25) is 4.79 Å². The summed E-state index contributed by atoms with van der Waals surface area (Å²) in [7, 11) is -1.08. The monoisotopic (exact) mass is 456 g/mol. The van der Waals surface area contributed by atoms with E-state index < -0.39 is 10.0 Å². The van der Waals surface area contributed by atoms with Crippen LogP contribution in [0.15, 0.2) is 39.1 Å². The van der Waals surface area contributed by atoms with Crippen LogP contribution in [0.1, 0.15) is 20.9 Å². The molecule has 0 amide bonds. The van der Waals surface area contributed by atoms with E-state index in [1.807, 2.05) is 0 Å². The molecule has 0 fully saturated rings. The number of carbonyl (C=O) groups is 1. The third-order valence-electron chi connectivity index (χ3n) is 4.00. The van der Waals surface area contributed by atoms with Gasteiger partial charge in [-0.15, -0.1) is 11.3 Å². The highest BCUT2D eigenvalue weighted by atomic mass is 35.5. The summed E-state index contributed by atoms with van der Waals surface area (Å²) >= 11 is 7.01. The molecule has 0 aliphatic heterocycles. The molecule has 1 N–H and O–H groups in total. The topological polar surface area (TPSA) is 108 Å². The lowest BCUT2D eigenvalue weighted by atomic mass is 10.1. The lowest BCUT2D eigenvalue weighted by molar-refractivity contribution is 0.0994. The van der Waals surface area contributed by atoms with Crippen molar-refractivity contribution < 1.29 is 27.2 Å². The van der Waals surface area contributed by atoms with Gasteiger partial charge in [-0.2, -0.15) is 0 Å². The second-order valence-electron chi connectivity index (χ2n) is 5.92. The summed E-state index contributed by atoms with van der Waals surface area (Å²) in [4.78, 5) is 12.7. The van der Waals surface area contributed by atoms with E-state index in [1.54, 1.807) is 25.1 Å². The number of carbonyl (C=O) groups excluding carboxylic acids is 1. The first-order valence-corrected chi connectivity index (χ1v) is 11.0. The maximum Gasteiger partial charge on any atom is 0.265 e.